The maximum absolute atomic E-state index is 12.6. The number of carbonyl (C=O) groups is 1. The smallest absolute Gasteiger partial charge is 0.257 e. The summed E-state index contributed by atoms with van der Waals surface area (Å²) in [5.74, 6) is -0.421. The fourth-order valence-corrected chi connectivity index (χ4v) is 5.42. The van der Waals surface area contributed by atoms with Crippen LogP contribution in [0.25, 0.3) is 0 Å². The Morgan fingerprint density at radius 3 is 2.85 bits per heavy atom. The number of sulfonamides is 1. The second-order valence-electron chi connectivity index (χ2n) is 6.19. The number of hydrogen-bond donors (Lipinski definition) is 2. The molecule has 2 N–H and O–H groups in total. The van der Waals surface area contributed by atoms with Gasteiger partial charge in [-0.3, -0.25) is 10.1 Å². The average Bonchev–Trinajstić information content (AvgIpc) is 2.88. The summed E-state index contributed by atoms with van der Waals surface area (Å²) in [7, 11) is -3.83. The third-order valence-corrected chi connectivity index (χ3v) is 7.19. The first-order chi connectivity index (χ1) is 12.9. The summed E-state index contributed by atoms with van der Waals surface area (Å²) in [4.78, 5) is 18.2. The van der Waals surface area contributed by atoms with Gasteiger partial charge < -0.3 is 0 Å². The number of aryl methyl sites for hydroxylation is 2. The Kier molecular flexibility index (Phi) is 6.31. The number of thiazole rings is 1. The van der Waals surface area contributed by atoms with Gasteiger partial charge in [0, 0.05) is 17.0 Å². The number of benzene rings is 1. The molecule has 144 valence electrons. The number of amides is 1. The van der Waals surface area contributed by atoms with E-state index in [0.717, 1.165) is 31.4 Å². The summed E-state index contributed by atoms with van der Waals surface area (Å²) in [6.45, 7) is 3.55. The normalized spacial score (nSPS) is 14.3. The standard InChI is InChI=1S/C18H20ClN3O3S2/c1-2-10-20-27(24,25)16-11-12(8-9-13(16)19)17(23)22-18-21-14-6-4-3-5-7-15(14)26-18/h2,8-9,11,20H,1,3-7,10H2,(H,21,22,23). The molecule has 1 aromatic carbocycles. The van der Waals surface area contributed by atoms with Crippen molar-refractivity contribution in [3.05, 3.63) is 52.0 Å². The van der Waals surface area contributed by atoms with Crippen molar-refractivity contribution in [3.8, 4) is 0 Å². The van der Waals surface area contributed by atoms with E-state index >= 15 is 0 Å². The molecule has 0 atom stereocenters. The zero-order valence-corrected chi connectivity index (χ0v) is 17.0. The second kappa shape index (κ2) is 8.52. The molecule has 3 rings (SSSR count). The predicted molar refractivity (Wildman–Crippen MR) is 108 cm³/mol. The van der Waals surface area contributed by atoms with E-state index in [1.165, 1.54) is 46.9 Å². The Morgan fingerprint density at radius 1 is 1.30 bits per heavy atom. The van der Waals surface area contributed by atoms with Crippen molar-refractivity contribution >= 4 is 44.0 Å². The van der Waals surface area contributed by atoms with Crippen LogP contribution in [0.15, 0.2) is 35.7 Å². The molecule has 1 aromatic heterocycles. The first-order valence-corrected chi connectivity index (χ1v) is 11.3. The molecule has 0 saturated heterocycles. The minimum Gasteiger partial charge on any atom is -0.298 e. The highest BCUT2D eigenvalue weighted by Gasteiger charge is 2.21. The summed E-state index contributed by atoms with van der Waals surface area (Å²) in [6, 6.07) is 4.15. The second-order valence-corrected chi connectivity index (χ2v) is 9.42. The van der Waals surface area contributed by atoms with E-state index in [1.807, 2.05) is 0 Å². The number of fused-ring (bicyclic) bond motifs is 1. The topological polar surface area (TPSA) is 88.2 Å². The van der Waals surface area contributed by atoms with Crippen LogP contribution < -0.4 is 10.0 Å². The quantitative estimate of drug-likeness (QED) is 0.544. The van der Waals surface area contributed by atoms with Crippen LogP contribution in [0, 0.1) is 0 Å². The van der Waals surface area contributed by atoms with Crippen molar-refractivity contribution in [2.75, 3.05) is 11.9 Å². The molecular formula is C18H20ClN3O3S2. The maximum atomic E-state index is 12.6. The van der Waals surface area contributed by atoms with E-state index in [9.17, 15) is 13.2 Å². The van der Waals surface area contributed by atoms with Gasteiger partial charge >= 0.3 is 0 Å². The molecule has 2 aromatic rings. The number of aromatic nitrogens is 1. The van der Waals surface area contributed by atoms with E-state index in [2.05, 4.69) is 21.6 Å². The average molecular weight is 426 g/mol. The Bertz CT molecular complexity index is 947. The third-order valence-electron chi connectivity index (χ3n) is 4.22. The summed E-state index contributed by atoms with van der Waals surface area (Å²) in [5, 5.41) is 3.35. The monoisotopic (exact) mass is 425 g/mol. The summed E-state index contributed by atoms with van der Waals surface area (Å²) < 4.78 is 27.0. The molecule has 6 nitrogen and oxygen atoms in total. The van der Waals surface area contributed by atoms with Crippen LogP contribution in [0.5, 0.6) is 0 Å². The van der Waals surface area contributed by atoms with Crippen LogP contribution in [0.4, 0.5) is 5.13 Å². The molecule has 0 saturated carbocycles. The largest absolute Gasteiger partial charge is 0.298 e. The van der Waals surface area contributed by atoms with Crippen molar-refractivity contribution in [3.63, 3.8) is 0 Å². The SMILES string of the molecule is C=CCNS(=O)(=O)c1cc(C(=O)Nc2nc3c(s2)CCCCC3)ccc1Cl. The van der Waals surface area contributed by atoms with Gasteiger partial charge in [0.2, 0.25) is 10.0 Å². The molecule has 27 heavy (non-hydrogen) atoms. The van der Waals surface area contributed by atoms with Gasteiger partial charge in [0.25, 0.3) is 5.91 Å². The molecule has 1 aliphatic rings. The lowest BCUT2D eigenvalue weighted by Crippen LogP contribution is -2.24. The zero-order chi connectivity index (χ0) is 19.4. The molecule has 1 heterocycles. The zero-order valence-electron chi connectivity index (χ0n) is 14.6. The van der Waals surface area contributed by atoms with Gasteiger partial charge in [0.1, 0.15) is 4.90 Å². The Morgan fingerprint density at radius 2 is 2.07 bits per heavy atom. The van der Waals surface area contributed by atoms with Gasteiger partial charge in [-0.1, -0.05) is 24.1 Å². The predicted octanol–water partition coefficient (Wildman–Crippen LogP) is 3.78. The van der Waals surface area contributed by atoms with Crippen LogP contribution >= 0.6 is 22.9 Å². The van der Waals surface area contributed by atoms with Gasteiger partial charge in [-0.2, -0.15) is 0 Å². The van der Waals surface area contributed by atoms with Gasteiger partial charge in [-0.25, -0.2) is 18.1 Å². The van der Waals surface area contributed by atoms with Crippen molar-refractivity contribution in [2.24, 2.45) is 0 Å². The van der Waals surface area contributed by atoms with Gasteiger partial charge in [-0.05, 0) is 43.9 Å². The van der Waals surface area contributed by atoms with Crippen molar-refractivity contribution in [1.82, 2.24) is 9.71 Å². The third kappa shape index (κ3) is 4.76. The number of nitrogens with zero attached hydrogens (tertiary/aromatic N) is 1. The highest BCUT2D eigenvalue weighted by atomic mass is 35.5. The lowest BCUT2D eigenvalue weighted by molar-refractivity contribution is 0.102. The van der Waals surface area contributed by atoms with Crippen LogP contribution in [-0.2, 0) is 22.9 Å². The van der Waals surface area contributed by atoms with E-state index in [-0.39, 0.29) is 22.0 Å². The number of rotatable bonds is 6. The highest BCUT2D eigenvalue weighted by molar-refractivity contribution is 7.89. The van der Waals surface area contributed by atoms with Crippen molar-refractivity contribution < 1.29 is 13.2 Å². The number of anilines is 1. The molecule has 0 fully saturated rings. The minimum atomic E-state index is -3.83. The molecule has 0 radical (unpaired) electrons. The molecule has 0 spiro atoms. The molecule has 0 aliphatic heterocycles. The van der Waals surface area contributed by atoms with E-state index in [1.54, 1.807) is 0 Å². The van der Waals surface area contributed by atoms with Gasteiger partial charge in [-0.15, -0.1) is 17.9 Å². The minimum absolute atomic E-state index is 0.0454. The molecule has 0 bridgehead atoms. The first kappa shape index (κ1) is 20.0. The number of halogens is 1. The Balaban J connectivity index is 1.81. The highest BCUT2D eigenvalue weighted by Crippen LogP contribution is 2.29. The summed E-state index contributed by atoms with van der Waals surface area (Å²) >= 11 is 7.51. The van der Waals surface area contributed by atoms with E-state index < -0.39 is 15.9 Å². The van der Waals surface area contributed by atoms with Crippen LogP contribution in [0.3, 0.4) is 0 Å². The van der Waals surface area contributed by atoms with Crippen molar-refractivity contribution in [1.29, 1.82) is 0 Å². The molecule has 1 amide bonds. The van der Waals surface area contributed by atoms with E-state index in [4.69, 9.17) is 11.6 Å². The first-order valence-electron chi connectivity index (χ1n) is 8.61. The molecule has 9 heteroatoms. The van der Waals surface area contributed by atoms with Gasteiger partial charge in [0.15, 0.2) is 5.13 Å². The molecule has 0 unspecified atom stereocenters. The lowest BCUT2D eigenvalue weighted by atomic mass is 10.2. The lowest BCUT2D eigenvalue weighted by Gasteiger charge is -2.09. The Hall–Kier alpha value is -1.74. The summed E-state index contributed by atoms with van der Waals surface area (Å²) in [5.41, 5.74) is 1.25. The van der Waals surface area contributed by atoms with Gasteiger partial charge in [0.05, 0.1) is 10.7 Å². The van der Waals surface area contributed by atoms with Crippen molar-refractivity contribution in [2.45, 2.75) is 37.0 Å². The fraction of sp³-hybridized carbons (Fsp3) is 0.333. The number of hydrogen-bond acceptors (Lipinski definition) is 5. The van der Waals surface area contributed by atoms with Crippen LogP contribution in [0.1, 0.15) is 40.2 Å². The van der Waals surface area contributed by atoms with Crippen LogP contribution in [0.2, 0.25) is 5.02 Å². The van der Waals surface area contributed by atoms with Crippen LogP contribution in [-0.4, -0.2) is 25.9 Å². The Labute approximate surface area is 167 Å². The number of carbonyl (C=O) groups excluding carboxylic acids is 1. The summed E-state index contributed by atoms with van der Waals surface area (Å²) in [6.07, 6.45) is 6.79. The fourth-order valence-electron chi connectivity index (χ4n) is 2.85. The van der Waals surface area contributed by atoms with E-state index in [0.29, 0.717) is 5.13 Å². The number of nitrogens with one attached hydrogen (secondary N) is 2. The molecular weight excluding hydrogens is 406 g/mol. The molecule has 1 aliphatic carbocycles. The maximum Gasteiger partial charge on any atom is 0.257 e.